The van der Waals surface area contributed by atoms with Crippen molar-refractivity contribution in [2.75, 3.05) is 53.7 Å². The first-order valence-corrected chi connectivity index (χ1v) is 15.8. The standard InChI is InChI=1S/C34H38N4O5S/c1-40-29-10-8-25(18-31(29)41-2)12-13-37(21-27-9-11-30-32(19-27)43-24-42-30)22-33-35-28(23-44-33)34(39)38-16-14-36(15-17-38)20-26-6-4-3-5-7-26/h3-11,18-19,23H,12-17,20-22,24H2,1-2H3. The van der Waals surface area contributed by atoms with E-state index in [0.717, 1.165) is 66.0 Å². The van der Waals surface area contributed by atoms with Crippen LogP contribution >= 0.6 is 11.3 Å². The number of hydrogen-bond donors (Lipinski definition) is 0. The Hall–Kier alpha value is -4.12. The molecule has 230 valence electrons. The number of rotatable bonds is 12. The van der Waals surface area contributed by atoms with Crippen LogP contribution < -0.4 is 18.9 Å². The molecule has 1 amide bonds. The fraction of sp³-hybridized carbons (Fsp3) is 0.353. The molecule has 1 saturated heterocycles. The van der Waals surface area contributed by atoms with Crippen LogP contribution in [0.3, 0.4) is 0 Å². The first-order valence-electron chi connectivity index (χ1n) is 14.9. The van der Waals surface area contributed by atoms with Crippen LogP contribution in [0, 0.1) is 0 Å². The minimum atomic E-state index is 0.0134. The van der Waals surface area contributed by atoms with Crippen molar-refractivity contribution in [3.8, 4) is 23.0 Å². The summed E-state index contributed by atoms with van der Waals surface area (Å²) >= 11 is 1.54. The van der Waals surface area contributed by atoms with Crippen LogP contribution in [0.15, 0.2) is 72.1 Å². The zero-order chi connectivity index (χ0) is 30.3. The van der Waals surface area contributed by atoms with Crippen LogP contribution in [-0.2, 0) is 26.1 Å². The second-order valence-corrected chi connectivity index (χ2v) is 12.0. The molecule has 1 aromatic heterocycles. The van der Waals surface area contributed by atoms with Crippen molar-refractivity contribution in [2.24, 2.45) is 0 Å². The topological polar surface area (TPSA) is 76.6 Å². The van der Waals surface area contributed by atoms with E-state index in [1.54, 1.807) is 25.6 Å². The Bertz CT molecular complexity index is 1550. The lowest BCUT2D eigenvalue weighted by Gasteiger charge is -2.34. The van der Waals surface area contributed by atoms with Gasteiger partial charge in [-0.2, -0.15) is 0 Å². The SMILES string of the molecule is COc1ccc(CCN(Cc2ccc3c(c2)OCO3)Cc2nc(C(=O)N3CCN(Cc4ccccc4)CC3)cs2)cc1OC. The fourth-order valence-electron chi connectivity index (χ4n) is 5.62. The van der Waals surface area contributed by atoms with Crippen LogP contribution in [-0.4, -0.2) is 79.3 Å². The molecule has 0 unspecified atom stereocenters. The summed E-state index contributed by atoms with van der Waals surface area (Å²) in [6.07, 6.45) is 0.815. The molecule has 0 radical (unpaired) electrons. The van der Waals surface area contributed by atoms with Gasteiger partial charge in [0.25, 0.3) is 5.91 Å². The molecule has 44 heavy (non-hydrogen) atoms. The molecule has 0 spiro atoms. The molecule has 4 aromatic rings. The monoisotopic (exact) mass is 614 g/mol. The van der Waals surface area contributed by atoms with Crippen molar-refractivity contribution in [3.05, 3.63) is 99.5 Å². The molecule has 0 atom stereocenters. The number of benzene rings is 3. The van der Waals surface area contributed by atoms with E-state index in [1.165, 1.54) is 5.56 Å². The summed E-state index contributed by atoms with van der Waals surface area (Å²) in [5, 5.41) is 2.82. The molecular formula is C34H38N4O5S. The van der Waals surface area contributed by atoms with E-state index in [1.807, 2.05) is 40.6 Å². The highest BCUT2D eigenvalue weighted by Crippen LogP contribution is 2.33. The predicted octanol–water partition coefficient (Wildman–Crippen LogP) is 5.09. The maximum Gasteiger partial charge on any atom is 0.273 e. The Morgan fingerprint density at radius 1 is 0.864 bits per heavy atom. The lowest BCUT2D eigenvalue weighted by atomic mass is 10.1. The molecule has 10 heteroatoms. The number of fused-ring (bicyclic) bond motifs is 1. The number of methoxy groups -OCH3 is 2. The number of carbonyl (C=O) groups excluding carboxylic acids is 1. The number of carbonyl (C=O) groups is 1. The molecule has 3 aromatic carbocycles. The van der Waals surface area contributed by atoms with E-state index in [4.69, 9.17) is 23.9 Å². The van der Waals surface area contributed by atoms with Gasteiger partial charge in [-0.1, -0.05) is 42.5 Å². The highest BCUT2D eigenvalue weighted by Gasteiger charge is 2.24. The molecule has 9 nitrogen and oxygen atoms in total. The zero-order valence-corrected chi connectivity index (χ0v) is 26.1. The minimum absolute atomic E-state index is 0.0134. The van der Waals surface area contributed by atoms with Gasteiger partial charge in [0, 0.05) is 51.2 Å². The number of nitrogens with zero attached hydrogens (tertiary/aromatic N) is 4. The smallest absolute Gasteiger partial charge is 0.273 e. The highest BCUT2D eigenvalue weighted by atomic mass is 32.1. The van der Waals surface area contributed by atoms with Gasteiger partial charge < -0.3 is 23.8 Å². The molecule has 6 rings (SSSR count). The quantitative estimate of drug-likeness (QED) is 0.219. The molecule has 0 saturated carbocycles. The number of amides is 1. The summed E-state index contributed by atoms with van der Waals surface area (Å²) in [5.41, 5.74) is 4.11. The third-order valence-corrected chi connectivity index (χ3v) is 8.88. The molecule has 3 heterocycles. The highest BCUT2D eigenvalue weighted by molar-refractivity contribution is 7.09. The van der Waals surface area contributed by atoms with Gasteiger partial charge in [0.05, 0.1) is 20.8 Å². The summed E-state index contributed by atoms with van der Waals surface area (Å²) in [7, 11) is 3.29. The number of aromatic nitrogens is 1. The molecule has 0 bridgehead atoms. The van der Waals surface area contributed by atoms with Gasteiger partial charge in [-0.15, -0.1) is 11.3 Å². The molecule has 2 aliphatic rings. The second-order valence-electron chi connectivity index (χ2n) is 11.0. The Labute approximate surface area is 262 Å². The Balaban J connectivity index is 1.10. The van der Waals surface area contributed by atoms with Crippen LogP contribution in [0.1, 0.15) is 32.2 Å². The van der Waals surface area contributed by atoms with Crippen molar-refractivity contribution >= 4 is 17.2 Å². The van der Waals surface area contributed by atoms with E-state index >= 15 is 0 Å². The van der Waals surface area contributed by atoms with E-state index in [9.17, 15) is 4.79 Å². The lowest BCUT2D eigenvalue weighted by molar-refractivity contribution is 0.0623. The summed E-state index contributed by atoms with van der Waals surface area (Å²) in [4.78, 5) is 24.9. The van der Waals surface area contributed by atoms with Crippen molar-refractivity contribution in [2.45, 2.75) is 26.1 Å². The van der Waals surface area contributed by atoms with E-state index in [2.05, 4.69) is 46.2 Å². The normalized spacial score (nSPS) is 14.7. The van der Waals surface area contributed by atoms with Gasteiger partial charge in [-0.25, -0.2) is 4.98 Å². The number of thiazole rings is 1. The minimum Gasteiger partial charge on any atom is -0.493 e. The third-order valence-electron chi connectivity index (χ3n) is 8.05. The van der Waals surface area contributed by atoms with Gasteiger partial charge in [0.1, 0.15) is 10.7 Å². The zero-order valence-electron chi connectivity index (χ0n) is 25.2. The van der Waals surface area contributed by atoms with Gasteiger partial charge in [-0.05, 0) is 47.4 Å². The molecule has 0 N–H and O–H groups in total. The van der Waals surface area contributed by atoms with Crippen LogP contribution in [0.2, 0.25) is 0 Å². The second kappa shape index (κ2) is 14.1. The largest absolute Gasteiger partial charge is 0.493 e. The third kappa shape index (κ3) is 7.32. The Morgan fingerprint density at radius 3 is 2.43 bits per heavy atom. The average Bonchev–Trinajstić information content (AvgIpc) is 3.73. The molecular weight excluding hydrogens is 576 g/mol. The van der Waals surface area contributed by atoms with Gasteiger partial charge in [-0.3, -0.25) is 14.6 Å². The summed E-state index contributed by atoms with van der Waals surface area (Å²) in [6.45, 7) is 6.41. The van der Waals surface area contributed by atoms with Gasteiger partial charge >= 0.3 is 0 Å². The van der Waals surface area contributed by atoms with Crippen molar-refractivity contribution in [1.82, 2.24) is 19.7 Å². The number of hydrogen-bond acceptors (Lipinski definition) is 9. The van der Waals surface area contributed by atoms with Crippen molar-refractivity contribution in [3.63, 3.8) is 0 Å². The van der Waals surface area contributed by atoms with Crippen LogP contribution in [0.5, 0.6) is 23.0 Å². The van der Waals surface area contributed by atoms with Crippen molar-refractivity contribution < 1.29 is 23.7 Å². The maximum absolute atomic E-state index is 13.4. The fourth-order valence-corrected chi connectivity index (χ4v) is 6.43. The molecule has 1 fully saturated rings. The number of ether oxygens (including phenoxy) is 4. The predicted molar refractivity (Wildman–Crippen MR) is 170 cm³/mol. The average molecular weight is 615 g/mol. The maximum atomic E-state index is 13.4. The Morgan fingerprint density at radius 2 is 1.64 bits per heavy atom. The first-order chi connectivity index (χ1) is 21.6. The van der Waals surface area contributed by atoms with E-state index in [0.29, 0.717) is 37.6 Å². The van der Waals surface area contributed by atoms with E-state index < -0.39 is 0 Å². The van der Waals surface area contributed by atoms with Crippen LogP contribution in [0.4, 0.5) is 0 Å². The van der Waals surface area contributed by atoms with Crippen LogP contribution in [0.25, 0.3) is 0 Å². The van der Waals surface area contributed by atoms with Crippen molar-refractivity contribution in [1.29, 1.82) is 0 Å². The van der Waals surface area contributed by atoms with Gasteiger partial charge in [0.15, 0.2) is 23.0 Å². The van der Waals surface area contributed by atoms with E-state index in [-0.39, 0.29) is 12.7 Å². The number of piperazine rings is 1. The molecule has 0 aliphatic carbocycles. The summed E-state index contributed by atoms with van der Waals surface area (Å²) < 4.78 is 22.0. The first kappa shape index (κ1) is 29.9. The summed E-state index contributed by atoms with van der Waals surface area (Å²) in [5.74, 6) is 2.99. The molecule has 2 aliphatic heterocycles. The lowest BCUT2D eigenvalue weighted by Crippen LogP contribution is -2.48. The Kier molecular flexibility index (Phi) is 9.60. The van der Waals surface area contributed by atoms with Gasteiger partial charge in [0.2, 0.25) is 6.79 Å². The summed E-state index contributed by atoms with van der Waals surface area (Å²) in [6, 6.07) is 22.6.